The number of aromatic amines is 1. The molecule has 0 saturated carbocycles. The highest BCUT2D eigenvalue weighted by atomic mass is 16.3. The minimum Gasteiger partial charge on any atom is -0.378 e. The van der Waals surface area contributed by atoms with E-state index in [2.05, 4.69) is 31.5 Å². The second kappa shape index (κ2) is 15.7. The van der Waals surface area contributed by atoms with Gasteiger partial charge in [-0.3, -0.25) is 24.3 Å². The standard InChI is InChI=1S/C37H36N6O6/c1-22(38-36(48)32(44)26-9-5-3-6-10-26)34(46)40-28-17-13-24(14-18-28)30-21-31(43-42-30)25-15-19-29(20-16-25)41-35(47)23(2)39-37(49)33(45)27-11-7-4-8-12-27/h3-23,32-33,44-45H,1-2H3,(H,38,48)(H,39,49)(H,40,46)(H,41,47)(H,42,43)/t22-,23+,32-,33-/m0/s1. The molecule has 0 aliphatic carbocycles. The molecular formula is C37H36N6O6. The molecule has 1 aromatic heterocycles. The number of rotatable bonds is 12. The Morgan fingerprint density at radius 3 is 1.41 bits per heavy atom. The van der Waals surface area contributed by atoms with Gasteiger partial charge in [0, 0.05) is 16.9 Å². The number of carbonyl (C=O) groups excluding carboxylic acids is 4. The summed E-state index contributed by atoms with van der Waals surface area (Å²) in [6.45, 7) is 3.07. The van der Waals surface area contributed by atoms with E-state index in [-0.39, 0.29) is 0 Å². The van der Waals surface area contributed by atoms with Crippen molar-refractivity contribution in [3.05, 3.63) is 126 Å². The summed E-state index contributed by atoms with van der Waals surface area (Å²) in [7, 11) is 0. The fourth-order valence-electron chi connectivity index (χ4n) is 4.87. The highest BCUT2D eigenvalue weighted by Crippen LogP contribution is 2.26. The van der Waals surface area contributed by atoms with E-state index in [1.165, 1.54) is 13.8 Å². The zero-order chi connectivity index (χ0) is 34.9. The number of aromatic nitrogens is 2. The van der Waals surface area contributed by atoms with Gasteiger partial charge in [0.25, 0.3) is 11.8 Å². The molecule has 250 valence electrons. The first-order chi connectivity index (χ1) is 23.6. The Balaban J connectivity index is 1.12. The number of nitrogens with one attached hydrogen (secondary N) is 5. The molecule has 0 radical (unpaired) electrons. The van der Waals surface area contributed by atoms with Crippen LogP contribution in [0.5, 0.6) is 0 Å². The van der Waals surface area contributed by atoms with Crippen LogP contribution < -0.4 is 21.3 Å². The quantitative estimate of drug-likeness (QED) is 0.105. The number of amides is 4. The molecule has 0 bridgehead atoms. The fourth-order valence-corrected chi connectivity index (χ4v) is 4.87. The van der Waals surface area contributed by atoms with E-state index in [1.807, 2.05) is 18.2 Å². The number of H-pyrrole nitrogens is 1. The van der Waals surface area contributed by atoms with Crippen LogP contribution in [0.3, 0.4) is 0 Å². The van der Waals surface area contributed by atoms with Gasteiger partial charge in [-0.15, -0.1) is 0 Å². The van der Waals surface area contributed by atoms with Crippen molar-refractivity contribution < 1.29 is 29.4 Å². The van der Waals surface area contributed by atoms with Gasteiger partial charge in [0.15, 0.2) is 12.2 Å². The Kier molecular flexibility index (Phi) is 10.9. The summed E-state index contributed by atoms with van der Waals surface area (Å²) in [4.78, 5) is 50.2. The molecule has 0 spiro atoms. The molecule has 4 atom stereocenters. The van der Waals surface area contributed by atoms with Gasteiger partial charge in [0.1, 0.15) is 12.1 Å². The van der Waals surface area contributed by atoms with Gasteiger partial charge in [-0.25, -0.2) is 0 Å². The van der Waals surface area contributed by atoms with E-state index in [4.69, 9.17) is 0 Å². The van der Waals surface area contributed by atoms with Crippen molar-refractivity contribution in [2.24, 2.45) is 0 Å². The van der Waals surface area contributed by atoms with Gasteiger partial charge in [0.2, 0.25) is 11.8 Å². The number of hydrogen-bond acceptors (Lipinski definition) is 7. The molecule has 5 rings (SSSR count). The van der Waals surface area contributed by atoms with Crippen molar-refractivity contribution in [3.8, 4) is 22.5 Å². The molecule has 12 nitrogen and oxygen atoms in total. The van der Waals surface area contributed by atoms with Gasteiger partial charge in [-0.1, -0.05) is 84.9 Å². The zero-order valence-corrected chi connectivity index (χ0v) is 26.8. The first kappa shape index (κ1) is 34.2. The molecule has 49 heavy (non-hydrogen) atoms. The van der Waals surface area contributed by atoms with Gasteiger partial charge in [0.05, 0.1) is 11.4 Å². The van der Waals surface area contributed by atoms with Gasteiger partial charge >= 0.3 is 0 Å². The van der Waals surface area contributed by atoms with Gasteiger partial charge < -0.3 is 31.5 Å². The number of aliphatic hydroxyl groups excluding tert-OH is 2. The average Bonchev–Trinajstić information content (AvgIpc) is 3.62. The van der Waals surface area contributed by atoms with Crippen molar-refractivity contribution in [1.29, 1.82) is 0 Å². The molecular weight excluding hydrogens is 624 g/mol. The highest BCUT2D eigenvalue weighted by molar-refractivity contribution is 5.98. The zero-order valence-electron chi connectivity index (χ0n) is 26.8. The van der Waals surface area contributed by atoms with E-state index in [1.54, 1.807) is 97.1 Å². The van der Waals surface area contributed by atoms with Crippen molar-refractivity contribution in [1.82, 2.24) is 20.8 Å². The summed E-state index contributed by atoms with van der Waals surface area (Å²) < 4.78 is 0. The molecule has 0 aliphatic heterocycles. The van der Waals surface area contributed by atoms with Crippen LogP contribution in [0.4, 0.5) is 11.4 Å². The van der Waals surface area contributed by atoms with Crippen LogP contribution in [0.25, 0.3) is 22.5 Å². The third-order valence-electron chi connectivity index (χ3n) is 7.72. The molecule has 0 saturated heterocycles. The third-order valence-corrected chi connectivity index (χ3v) is 7.72. The summed E-state index contributed by atoms with van der Waals surface area (Å²) in [5.74, 6) is -2.22. The largest absolute Gasteiger partial charge is 0.378 e. The van der Waals surface area contributed by atoms with Crippen LogP contribution >= 0.6 is 0 Å². The lowest BCUT2D eigenvalue weighted by atomic mass is 10.1. The number of nitrogens with zero attached hydrogens (tertiary/aromatic N) is 1. The Bertz CT molecular complexity index is 1760. The molecule has 12 heteroatoms. The van der Waals surface area contributed by atoms with Crippen LogP contribution in [0.2, 0.25) is 0 Å². The van der Waals surface area contributed by atoms with E-state index >= 15 is 0 Å². The van der Waals surface area contributed by atoms with E-state index in [9.17, 15) is 29.4 Å². The number of benzene rings is 4. The molecule has 5 aromatic rings. The predicted molar refractivity (Wildman–Crippen MR) is 185 cm³/mol. The maximum atomic E-state index is 12.7. The topological polar surface area (TPSA) is 186 Å². The van der Waals surface area contributed by atoms with Crippen molar-refractivity contribution in [3.63, 3.8) is 0 Å². The third kappa shape index (κ3) is 8.83. The smallest absolute Gasteiger partial charge is 0.254 e. The lowest BCUT2D eigenvalue weighted by Crippen LogP contribution is -2.43. The van der Waals surface area contributed by atoms with E-state index in [0.29, 0.717) is 28.2 Å². The van der Waals surface area contributed by atoms with Gasteiger partial charge in [-0.2, -0.15) is 5.10 Å². The maximum Gasteiger partial charge on any atom is 0.254 e. The summed E-state index contributed by atoms with van der Waals surface area (Å²) in [5, 5.41) is 38.5. The first-order valence-electron chi connectivity index (χ1n) is 15.5. The Hall–Kier alpha value is -6.11. The SMILES string of the molecule is C[C@H](NC(=O)[C@@H](O)c1ccccc1)C(=O)Nc1ccc(-c2cc(-c3ccc(NC(=O)[C@@H](C)NC(=O)[C@@H](O)c4ccccc4)cc3)[nH]n2)cc1. The minimum atomic E-state index is -1.38. The van der Waals surface area contributed by atoms with Crippen LogP contribution in [0.15, 0.2) is 115 Å². The Morgan fingerprint density at radius 2 is 0.980 bits per heavy atom. The number of anilines is 2. The summed E-state index contributed by atoms with van der Waals surface area (Å²) in [6.07, 6.45) is -2.77. The average molecular weight is 661 g/mol. The maximum absolute atomic E-state index is 12.7. The van der Waals surface area contributed by atoms with Crippen LogP contribution in [-0.4, -0.2) is 56.1 Å². The molecule has 0 aliphatic rings. The number of aliphatic hydroxyl groups is 2. The molecule has 0 unspecified atom stereocenters. The lowest BCUT2D eigenvalue weighted by molar-refractivity contribution is -0.132. The predicted octanol–water partition coefficient (Wildman–Crippen LogP) is 4.10. The molecule has 1 heterocycles. The van der Waals surface area contributed by atoms with Crippen molar-refractivity contribution in [2.75, 3.05) is 10.6 Å². The number of carbonyl (C=O) groups is 4. The summed E-state index contributed by atoms with van der Waals surface area (Å²) in [6, 6.07) is 31.1. The normalized spacial score (nSPS) is 13.3. The second-order valence-electron chi connectivity index (χ2n) is 11.4. The monoisotopic (exact) mass is 660 g/mol. The lowest BCUT2D eigenvalue weighted by Gasteiger charge is -2.17. The van der Waals surface area contributed by atoms with E-state index in [0.717, 1.165) is 16.8 Å². The van der Waals surface area contributed by atoms with Gasteiger partial charge in [-0.05, 0) is 60.9 Å². The van der Waals surface area contributed by atoms with Crippen LogP contribution in [0.1, 0.15) is 37.2 Å². The van der Waals surface area contributed by atoms with Crippen LogP contribution in [-0.2, 0) is 19.2 Å². The van der Waals surface area contributed by atoms with Crippen molar-refractivity contribution in [2.45, 2.75) is 38.1 Å². The Morgan fingerprint density at radius 1 is 0.571 bits per heavy atom. The Labute approximate surface area is 282 Å². The summed E-state index contributed by atoms with van der Waals surface area (Å²) >= 11 is 0. The van der Waals surface area contributed by atoms with E-state index < -0.39 is 47.9 Å². The van der Waals surface area contributed by atoms with Crippen molar-refractivity contribution >= 4 is 35.0 Å². The minimum absolute atomic E-state index is 0.432. The molecule has 0 fully saturated rings. The molecule has 4 amide bonds. The summed E-state index contributed by atoms with van der Waals surface area (Å²) in [5.41, 5.74) is 4.94. The number of hydrogen-bond donors (Lipinski definition) is 7. The fraction of sp³-hybridized carbons (Fsp3) is 0.162. The second-order valence-corrected chi connectivity index (χ2v) is 11.4. The molecule has 7 N–H and O–H groups in total. The highest BCUT2D eigenvalue weighted by Gasteiger charge is 2.23. The van der Waals surface area contributed by atoms with Crippen LogP contribution in [0, 0.1) is 0 Å². The first-order valence-corrected chi connectivity index (χ1v) is 15.5. The molecule has 4 aromatic carbocycles.